The molecule has 4 heterocycles. The van der Waals surface area contributed by atoms with Gasteiger partial charge in [-0.3, -0.25) is 4.79 Å². The molecule has 2 N–H and O–H groups in total. The topological polar surface area (TPSA) is 96.7 Å². The van der Waals surface area contributed by atoms with Crippen LogP contribution >= 0.6 is 0 Å². The molecule has 3 aromatic heterocycles. The molecule has 9 nitrogen and oxygen atoms in total. The molecule has 0 unspecified atom stereocenters. The number of carbonyl (C=O) groups excluding carboxylic acids is 1. The molecule has 38 heavy (non-hydrogen) atoms. The predicted octanol–water partition coefficient (Wildman–Crippen LogP) is 4.99. The number of nitrogens with zero attached hydrogens (tertiary/aromatic N) is 5. The number of nitrogens with one attached hydrogen (secondary N) is 2. The third-order valence-electron chi connectivity index (χ3n) is 6.49. The normalized spacial score (nSPS) is 13.7. The Morgan fingerprint density at radius 2 is 2.03 bits per heavy atom. The number of carbonyl (C=O) groups is 1. The van der Waals surface area contributed by atoms with E-state index < -0.39 is 11.7 Å². The maximum atomic E-state index is 13.6. The number of amides is 1. The van der Waals surface area contributed by atoms with Crippen molar-refractivity contribution in [2.45, 2.75) is 13.3 Å². The third kappa shape index (κ3) is 4.98. The molecule has 0 spiro atoms. The van der Waals surface area contributed by atoms with Gasteiger partial charge in [0.2, 0.25) is 5.95 Å². The molecule has 0 aliphatic carbocycles. The van der Waals surface area contributed by atoms with Gasteiger partial charge in [0.15, 0.2) is 5.83 Å². The molecule has 0 atom stereocenters. The lowest BCUT2D eigenvalue weighted by Crippen LogP contribution is -2.24. The summed E-state index contributed by atoms with van der Waals surface area (Å²) in [6.45, 7) is 6.69. The summed E-state index contributed by atoms with van der Waals surface area (Å²) in [5.74, 6) is -1.12. The monoisotopic (exact) mass is 513 g/mol. The zero-order valence-electron chi connectivity index (χ0n) is 21.5. The number of rotatable bonds is 7. The number of aromatic nitrogens is 4. The fourth-order valence-electron chi connectivity index (χ4n) is 4.43. The Hall–Kier alpha value is -4.57. The zero-order chi connectivity index (χ0) is 26.8. The Morgan fingerprint density at radius 3 is 2.76 bits per heavy atom. The summed E-state index contributed by atoms with van der Waals surface area (Å²) in [7, 11) is 3.61. The number of halogens is 1. The molecule has 0 radical (unpaired) electrons. The largest absolute Gasteiger partial charge is 0.495 e. The van der Waals surface area contributed by atoms with Crippen LogP contribution in [0.5, 0.6) is 5.75 Å². The molecule has 0 fully saturated rings. The Labute approximate surface area is 219 Å². The minimum Gasteiger partial charge on any atom is -0.495 e. The van der Waals surface area contributed by atoms with E-state index in [0.717, 1.165) is 53.0 Å². The van der Waals surface area contributed by atoms with Gasteiger partial charge in [0.25, 0.3) is 5.91 Å². The minimum absolute atomic E-state index is 0.331. The zero-order valence-corrected chi connectivity index (χ0v) is 21.5. The lowest BCUT2D eigenvalue weighted by molar-refractivity contribution is -0.114. The van der Waals surface area contributed by atoms with Crippen molar-refractivity contribution < 1.29 is 13.9 Å². The van der Waals surface area contributed by atoms with Crippen molar-refractivity contribution in [3.8, 4) is 17.0 Å². The minimum atomic E-state index is -1.07. The van der Waals surface area contributed by atoms with Gasteiger partial charge in [-0.25, -0.2) is 18.9 Å². The molecule has 1 amide bonds. The smallest absolute Gasteiger partial charge is 0.283 e. The van der Waals surface area contributed by atoms with E-state index in [0.29, 0.717) is 23.1 Å². The average molecular weight is 514 g/mol. The van der Waals surface area contributed by atoms with E-state index in [9.17, 15) is 9.18 Å². The standard InChI is InChI=1S/C28H28FN7O2/c1-17-15-30-28(34-26(17)21-16-31-36-10-6-5-7-24(21)36)33-23-14-22(32-27(37)18(2)29)20(13-25(23)38-4)19-8-11-35(3)12-9-19/h5-8,10,13-16H,2,9,11-12H2,1,3-4H3,(H,32,37)(H,30,33,34). The highest BCUT2D eigenvalue weighted by Crippen LogP contribution is 2.38. The van der Waals surface area contributed by atoms with Gasteiger partial charge in [0, 0.05) is 36.6 Å². The summed E-state index contributed by atoms with van der Waals surface area (Å²) >= 11 is 0. The first kappa shape index (κ1) is 25.1. The third-order valence-corrected chi connectivity index (χ3v) is 6.49. The Balaban J connectivity index is 1.55. The maximum Gasteiger partial charge on any atom is 0.283 e. The van der Waals surface area contributed by atoms with Crippen LogP contribution in [0.25, 0.3) is 22.3 Å². The van der Waals surface area contributed by atoms with E-state index in [1.165, 1.54) is 0 Å². The molecule has 194 valence electrons. The first-order chi connectivity index (χ1) is 18.3. The van der Waals surface area contributed by atoms with Gasteiger partial charge < -0.3 is 20.3 Å². The second kappa shape index (κ2) is 10.4. The van der Waals surface area contributed by atoms with E-state index >= 15 is 0 Å². The van der Waals surface area contributed by atoms with Gasteiger partial charge in [-0.05, 0) is 55.8 Å². The van der Waals surface area contributed by atoms with Crippen LogP contribution in [0.1, 0.15) is 17.5 Å². The number of hydrogen-bond donors (Lipinski definition) is 2. The van der Waals surface area contributed by atoms with Crippen LogP contribution in [0.2, 0.25) is 0 Å². The van der Waals surface area contributed by atoms with Crippen molar-refractivity contribution in [1.29, 1.82) is 0 Å². The highest BCUT2D eigenvalue weighted by molar-refractivity contribution is 6.04. The Kier molecular flexibility index (Phi) is 6.89. The van der Waals surface area contributed by atoms with Gasteiger partial charge in [-0.15, -0.1) is 0 Å². The lowest BCUT2D eigenvalue weighted by atomic mass is 9.97. The maximum absolute atomic E-state index is 13.6. The van der Waals surface area contributed by atoms with Crippen molar-refractivity contribution >= 4 is 34.3 Å². The lowest BCUT2D eigenvalue weighted by Gasteiger charge is -2.24. The number of pyridine rings is 1. The number of aryl methyl sites for hydroxylation is 1. The second-order valence-electron chi connectivity index (χ2n) is 9.14. The van der Waals surface area contributed by atoms with Crippen molar-refractivity contribution in [2.24, 2.45) is 0 Å². The van der Waals surface area contributed by atoms with Crippen molar-refractivity contribution in [1.82, 2.24) is 24.5 Å². The average Bonchev–Trinajstić information content (AvgIpc) is 3.34. The predicted molar refractivity (Wildman–Crippen MR) is 146 cm³/mol. The van der Waals surface area contributed by atoms with Crippen molar-refractivity contribution in [3.05, 3.63) is 78.5 Å². The van der Waals surface area contributed by atoms with Crippen LogP contribution in [0, 0.1) is 6.92 Å². The van der Waals surface area contributed by atoms with Gasteiger partial charge >= 0.3 is 0 Å². The molecular formula is C28H28FN7O2. The SMILES string of the molecule is C=C(F)C(=O)Nc1cc(Nc2ncc(C)c(-c3cnn4ccccc34)n2)c(OC)cc1C1=CCN(C)CC1. The molecule has 1 aliphatic rings. The van der Waals surface area contributed by atoms with Crippen LogP contribution in [-0.4, -0.2) is 57.6 Å². The highest BCUT2D eigenvalue weighted by atomic mass is 19.1. The van der Waals surface area contributed by atoms with E-state index in [4.69, 9.17) is 9.72 Å². The van der Waals surface area contributed by atoms with Gasteiger partial charge in [0.1, 0.15) is 5.75 Å². The van der Waals surface area contributed by atoms with Crippen LogP contribution < -0.4 is 15.4 Å². The van der Waals surface area contributed by atoms with Crippen molar-refractivity contribution in [3.63, 3.8) is 0 Å². The number of benzene rings is 1. The van der Waals surface area contributed by atoms with E-state index in [2.05, 4.69) is 38.3 Å². The van der Waals surface area contributed by atoms with Gasteiger partial charge in [-0.1, -0.05) is 18.7 Å². The first-order valence-electron chi connectivity index (χ1n) is 12.1. The molecule has 0 bridgehead atoms. The van der Waals surface area contributed by atoms with Crippen LogP contribution in [-0.2, 0) is 4.79 Å². The Morgan fingerprint density at radius 1 is 1.18 bits per heavy atom. The van der Waals surface area contributed by atoms with Crippen LogP contribution in [0.4, 0.5) is 21.7 Å². The second-order valence-corrected chi connectivity index (χ2v) is 9.14. The van der Waals surface area contributed by atoms with Crippen molar-refractivity contribution in [2.75, 3.05) is 37.9 Å². The number of methoxy groups -OCH3 is 1. The molecule has 4 aromatic rings. The number of hydrogen-bond acceptors (Lipinski definition) is 7. The molecular weight excluding hydrogens is 485 g/mol. The van der Waals surface area contributed by atoms with Crippen LogP contribution in [0.15, 0.2) is 67.4 Å². The van der Waals surface area contributed by atoms with E-state index in [-0.39, 0.29) is 0 Å². The number of anilines is 3. The number of fused-ring (bicyclic) bond motifs is 1. The fraction of sp³-hybridized carbons (Fsp3) is 0.214. The summed E-state index contributed by atoms with van der Waals surface area (Å²) < 4.78 is 21.1. The van der Waals surface area contributed by atoms with Gasteiger partial charge in [0.05, 0.1) is 35.9 Å². The molecule has 1 aromatic carbocycles. The molecule has 10 heteroatoms. The Bertz CT molecular complexity index is 1580. The van der Waals surface area contributed by atoms with Gasteiger partial charge in [-0.2, -0.15) is 5.10 Å². The molecule has 0 saturated carbocycles. The summed E-state index contributed by atoms with van der Waals surface area (Å²) in [6.07, 6.45) is 8.25. The quantitative estimate of drug-likeness (QED) is 0.336. The summed E-state index contributed by atoms with van der Waals surface area (Å²) in [6, 6.07) is 9.37. The number of ether oxygens (including phenoxy) is 1. The summed E-state index contributed by atoms with van der Waals surface area (Å²) in [5.41, 5.74) is 6.16. The molecule has 5 rings (SSSR count). The highest BCUT2D eigenvalue weighted by Gasteiger charge is 2.20. The summed E-state index contributed by atoms with van der Waals surface area (Å²) in [4.78, 5) is 23.7. The fourth-order valence-corrected chi connectivity index (χ4v) is 4.43. The van der Waals surface area contributed by atoms with E-state index in [1.807, 2.05) is 44.4 Å². The molecule has 1 aliphatic heterocycles. The van der Waals surface area contributed by atoms with E-state index in [1.54, 1.807) is 30.1 Å². The molecule has 0 saturated heterocycles. The first-order valence-corrected chi connectivity index (χ1v) is 12.1. The van der Waals surface area contributed by atoms with Crippen LogP contribution in [0.3, 0.4) is 0 Å². The number of likely N-dealkylation sites (N-methyl/N-ethyl adjacent to an activating group) is 1. The summed E-state index contributed by atoms with van der Waals surface area (Å²) in [5, 5.41) is 10.3.